The van der Waals surface area contributed by atoms with Crippen molar-refractivity contribution in [2.45, 2.75) is 6.42 Å². The Morgan fingerprint density at radius 3 is 2.46 bits per heavy atom. The minimum absolute atomic E-state index is 0.0578. The zero-order chi connectivity index (χ0) is 18.1. The van der Waals surface area contributed by atoms with Crippen LogP contribution in [-0.4, -0.2) is 28.7 Å². The number of aromatic nitrogens is 3. The summed E-state index contributed by atoms with van der Waals surface area (Å²) in [7, 11) is 4.01. The quantitative estimate of drug-likeness (QED) is 0.559. The van der Waals surface area contributed by atoms with Crippen molar-refractivity contribution in [3.05, 3.63) is 86.4 Å². The SMILES string of the molecule is CN(C)c1ccc(/C=c2\sc3nnc(Cc4ccccc4)n3c2=O)cc1. The molecule has 0 saturated carbocycles. The number of hydrogen-bond donors (Lipinski definition) is 0. The Hall–Kier alpha value is -2.99. The normalized spacial score (nSPS) is 12.0. The van der Waals surface area contributed by atoms with Gasteiger partial charge >= 0.3 is 0 Å². The molecule has 4 rings (SSSR count). The molecule has 2 heterocycles. The van der Waals surface area contributed by atoms with E-state index in [-0.39, 0.29) is 5.56 Å². The molecule has 130 valence electrons. The second-order valence-electron chi connectivity index (χ2n) is 6.30. The number of fused-ring (bicyclic) bond motifs is 1. The summed E-state index contributed by atoms with van der Waals surface area (Å²) in [5.74, 6) is 0.676. The van der Waals surface area contributed by atoms with E-state index in [1.54, 1.807) is 4.40 Å². The second kappa shape index (κ2) is 6.72. The summed E-state index contributed by atoms with van der Waals surface area (Å²) in [6.45, 7) is 0. The molecule has 2 aromatic heterocycles. The average Bonchev–Trinajstić information content (AvgIpc) is 3.17. The number of thiazole rings is 1. The van der Waals surface area contributed by atoms with Gasteiger partial charge in [0, 0.05) is 26.2 Å². The smallest absolute Gasteiger partial charge is 0.275 e. The standard InChI is InChI=1S/C20H18N4OS/c1-23(2)16-10-8-15(9-11-16)12-17-19(25)24-18(21-22-20(24)26-17)13-14-6-4-3-5-7-14/h3-12H,13H2,1-2H3/b17-12-. The highest BCUT2D eigenvalue weighted by atomic mass is 32.1. The lowest BCUT2D eigenvalue weighted by atomic mass is 10.1. The Morgan fingerprint density at radius 2 is 1.77 bits per heavy atom. The van der Waals surface area contributed by atoms with Crippen LogP contribution < -0.4 is 15.0 Å². The number of rotatable bonds is 4. The molecule has 0 radical (unpaired) electrons. The summed E-state index contributed by atoms with van der Waals surface area (Å²) >= 11 is 1.37. The third kappa shape index (κ3) is 3.11. The molecule has 0 aliphatic carbocycles. The van der Waals surface area contributed by atoms with Gasteiger partial charge in [0.25, 0.3) is 5.56 Å². The van der Waals surface area contributed by atoms with Crippen LogP contribution in [0.25, 0.3) is 11.0 Å². The summed E-state index contributed by atoms with van der Waals surface area (Å²) in [5, 5.41) is 8.37. The fourth-order valence-electron chi connectivity index (χ4n) is 2.83. The molecule has 0 spiro atoms. The Balaban J connectivity index is 1.73. The predicted octanol–water partition coefficient (Wildman–Crippen LogP) is 2.36. The zero-order valence-electron chi connectivity index (χ0n) is 14.6. The average molecular weight is 362 g/mol. The van der Waals surface area contributed by atoms with Crippen LogP contribution in [0.1, 0.15) is 17.0 Å². The molecule has 6 heteroatoms. The van der Waals surface area contributed by atoms with Gasteiger partial charge in [-0.3, -0.25) is 4.79 Å². The molecule has 0 saturated heterocycles. The topological polar surface area (TPSA) is 50.5 Å². The van der Waals surface area contributed by atoms with Crippen molar-refractivity contribution in [1.82, 2.24) is 14.6 Å². The van der Waals surface area contributed by atoms with E-state index >= 15 is 0 Å². The largest absolute Gasteiger partial charge is 0.378 e. The Morgan fingerprint density at radius 1 is 1.04 bits per heavy atom. The Bertz CT molecular complexity index is 1140. The Labute approximate surface area is 154 Å². The van der Waals surface area contributed by atoms with E-state index in [0.29, 0.717) is 21.7 Å². The predicted molar refractivity (Wildman–Crippen MR) is 106 cm³/mol. The van der Waals surface area contributed by atoms with Crippen molar-refractivity contribution in [3.63, 3.8) is 0 Å². The van der Waals surface area contributed by atoms with E-state index < -0.39 is 0 Å². The summed E-state index contributed by atoms with van der Waals surface area (Å²) in [5.41, 5.74) is 3.17. The van der Waals surface area contributed by atoms with Gasteiger partial charge in [-0.2, -0.15) is 0 Å². The van der Waals surface area contributed by atoms with Gasteiger partial charge in [-0.1, -0.05) is 53.8 Å². The van der Waals surface area contributed by atoms with Gasteiger partial charge in [0.1, 0.15) is 5.82 Å². The maximum absolute atomic E-state index is 12.8. The van der Waals surface area contributed by atoms with Crippen LogP contribution in [0.2, 0.25) is 0 Å². The lowest BCUT2D eigenvalue weighted by molar-refractivity contribution is 0.918. The van der Waals surface area contributed by atoms with E-state index in [1.807, 2.05) is 79.7 Å². The van der Waals surface area contributed by atoms with Gasteiger partial charge in [0.05, 0.1) is 4.53 Å². The van der Waals surface area contributed by atoms with E-state index in [1.165, 1.54) is 11.3 Å². The highest BCUT2D eigenvalue weighted by molar-refractivity contribution is 7.15. The van der Waals surface area contributed by atoms with Crippen LogP contribution >= 0.6 is 11.3 Å². The van der Waals surface area contributed by atoms with Gasteiger partial charge in [0.15, 0.2) is 0 Å². The molecule has 4 aromatic rings. The van der Waals surface area contributed by atoms with Crippen LogP contribution in [0.15, 0.2) is 59.4 Å². The monoisotopic (exact) mass is 362 g/mol. The first-order valence-electron chi connectivity index (χ1n) is 8.31. The molecule has 0 bridgehead atoms. The molecule has 0 fully saturated rings. The van der Waals surface area contributed by atoms with Gasteiger partial charge < -0.3 is 4.90 Å². The molecule has 5 nitrogen and oxygen atoms in total. The van der Waals surface area contributed by atoms with Gasteiger partial charge in [0.2, 0.25) is 4.96 Å². The molecule has 0 N–H and O–H groups in total. The zero-order valence-corrected chi connectivity index (χ0v) is 15.4. The molecule has 0 aliphatic heterocycles. The van der Waals surface area contributed by atoms with E-state index in [9.17, 15) is 4.79 Å². The molecule has 0 atom stereocenters. The number of hydrogen-bond acceptors (Lipinski definition) is 5. The maximum Gasteiger partial charge on any atom is 0.275 e. The van der Waals surface area contributed by atoms with E-state index in [4.69, 9.17) is 0 Å². The minimum Gasteiger partial charge on any atom is -0.378 e. The van der Waals surface area contributed by atoms with E-state index in [0.717, 1.165) is 16.8 Å². The summed E-state index contributed by atoms with van der Waals surface area (Å²) in [6.07, 6.45) is 2.50. The van der Waals surface area contributed by atoms with Crippen molar-refractivity contribution in [2.75, 3.05) is 19.0 Å². The third-order valence-electron chi connectivity index (χ3n) is 4.23. The van der Waals surface area contributed by atoms with Gasteiger partial charge in [-0.05, 0) is 29.3 Å². The number of nitrogens with zero attached hydrogens (tertiary/aromatic N) is 4. The summed E-state index contributed by atoms with van der Waals surface area (Å²) in [6, 6.07) is 18.1. The maximum atomic E-state index is 12.8. The van der Waals surface area contributed by atoms with Gasteiger partial charge in [-0.25, -0.2) is 4.40 Å². The number of anilines is 1. The first-order valence-corrected chi connectivity index (χ1v) is 9.13. The molecular formula is C20H18N4OS. The molecule has 0 amide bonds. The fourth-order valence-corrected chi connectivity index (χ4v) is 3.76. The fraction of sp³-hybridized carbons (Fsp3) is 0.150. The van der Waals surface area contributed by atoms with Crippen molar-refractivity contribution >= 4 is 28.1 Å². The lowest BCUT2D eigenvalue weighted by Gasteiger charge is -2.11. The van der Waals surface area contributed by atoms with Crippen molar-refractivity contribution in [2.24, 2.45) is 0 Å². The highest BCUT2D eigenvalue weighted by Crippen LogP contribution is 2.13. The summed E-state index contributed by atoms with van der Waals surface area (Å²) < 4.78 is 2.29. The van der Waals surface area contributed by atoms with Gasteiger partial charge in [-0.15, -0.1) is 10.2 Å². The molecule has 0 unspecified atom stereocenters. The second-order valence-corrected chi connectivity index (χ2v) is 7.31. The number of benzene rings is 2. The van der Waals surface area contributed by atoms with Crippen molar-refractivity contribution in [1.29, 1.82) is 0 Å². The van der Waals surface area contributed by atoms with Crippen LogP contribution in [-0.2, 0) is 6.42 Å². The lowest BCUT2D eigenvalue weighted by Crippen LogP contribution is -2.24. The van der Waals surface area contributed by atoms with E-state index in [2.05, 4.69) is 10.2 Å². The van der Waals surface area contributed by atoms with Crippen LogP contribution in [0.5, 0.6) is 0 Å². The first kappa shape index (κ1) is 16.5. The molecule has 0 aliphatic rings. The molecule has 2 aromatic carbocycles. The Kier molecular flexibility index (Phi) is 4.26. The third-order valence-corrected chi connectivity index (χ3v) is 5.19. The van der Waals surface area contributed by atoms with Crippen LogP contribution in [0.3, 0.4) is 0 Å². The minimum atomic E-state index is -0.0578. The van der Waals surface area contributed by atoms with Crippen LogP contribution in [0, 0.1) is 0 Å². The first-order chi connectivity index (χ1) is 12.6. The molecular weight excluding hydrogens is 344 g/mol. The van der Waals surface area contributed by atoms with Crippen LogP contribution in [0.4, 0.5) is 5.69 Å². The highest BCUT2D eigenvalue weighted by Gasteiger charge is 2.12. The summed E-state index contributed by atoms with van der Waals surface area (Å²) in [4.78, 5) is 15.5. The van der Waals surface area contributed by atoms with Crippen molar-refractivity contribution < 1.29 is 0 Å². The van der Waals surface area contributed by atoms with Crippen molar-refractivity contribution in [3.8, 4) is 0 Å². The molecule has 26 heavy (non-hydrogen) atoms.